The first kappa shape index (κ1) is 25.7. The maximum absolute atomic E-state index is 12.9. The van der Waals surface area contributed by atoms with Crippen LogP contribution in [0.15, 0.2) is 76.3 Å². The Bertz CT molecular complexity index is 1400. The molecule has 0 unspecified atom stereocenters. The van der Waals surface area contributed by atoms with E-state index in [1.807, 2.05) is 36.4 Å². The van der Waals surface area contributed by atoms with Gasteiger partial charge < -0.3 is 5.32 Å². The molecular weight excluding hydrogens is 512 g/mol. The van der Waals surface area contributed by atoms with Gasteiger partial charge in [0.15, 0.2) is 11.0 Å². The minimum Gasteiger partial charge on any atom is -0.302 e. The summed E-state index contributed by atoms with van der Waals surface area (Å²) in [4.78, 5) is 40.8. The summed E-state index contributed by atoms with van der Waals surface area (Å²) in [6.07, 6.45) is 1.79. The first-order valence-electron chi connectivity index (χ1n) is 11.0. The van der Waals surface area contributed by atoms with Crippen LogP contribution < -0.4 is 16.2 Å². The van der Waals surface area contributed by atoms with Gasteiger partial charge in [0.25, 0.3) is 11.8 Å². The quantitative estimate of drug-likeness (QED) is 0.161. The molecule has 0 radical (unpaired) electrons. The predicted molar refractivity (Wildman–Crippen MR) is 142 cm³/mol. The molecule has 0 saturated carbocycles. The lowest BCUT2D eigenvalue weighted by molar-refractivity contribution is -0.118. The molecule has 2 heterocycles. The van der Waals surface area contributed by atoms with Gasteiger partial charge in [0.05, 0.1) is 24.1 Å². The van der Waals surface area contributed by atoms with E-state index in [2.05, 4.69) is 36.5 Å². The average molecular weight is 535 g/mol. The van der Waals surface area contributed by atoms with Crippen molar-refractivity contribution in [3.63, 3.8) is 0 Å². The normalized spacial score (nSPS) is 10.8. The second kappa shape index (κ2) is 12.6. The van der Waals surface area contributed by atoms with E-state index in [0.29, 0.717) is 27.4 Å². The Balaban J connectivity index is 1.46. The molecule has 2 aromatic heterocycles. The average Bonchev–Trinajstić information content (AvgIpc) is 3.50. The van der Waals surface area contributed by atoms with E-state index in [0.717, 1.165) is 17.3 Å². The van der Waals surface area contributed by atoms with E-state index in [1.165, 1.54) is 22.9 Å². The summed E-state index contributed by atoms with van der Waals surface area (Å²) >= 11 is 2.38. The molecule has 188 valence electrons. The molecule has 4 rings (SSSR count). The maximum Gasteiger partial charge on any atom is 0.270 e. The number of thiazole rings is 1. The first-order chi connectivity index (χ1) is 18.0. The smallest absolute Gasteiger partial charge is 0.270 e. The van der Waals surface area contributed by atoms with Crippen LogP contribution in [-0.2, 0) is 16.0 Å². The molecule has 0 atom stereocenters. The molecule has 3 N–H and O–H groups in total. The van der Waals surface area contributed by atoms with Gasteiger partial charge in [-0.15, -0.1) is 21.5 Å². The topological polar surface area (TPSA) is 143 Å². The van der Waals surface area contributed by atoms with Crippen LogP contribution in [0.1, 0.15) is 34.4 Å². The predicted octanol–water partition coefficient (Wildman–Crippen LogP) is 2.91. The van der Waals surface area contributed by atoms with Gasteiger partial charge in [-0.1, -0.05) is 60.3 Å². The number of rotatable bonds is 10. The Hall–Kier alpha value is -4.36. The Morgan fingerprint density at radius 1 is 1.05 bits per heavy atom. The Labute approximate surface area is 220 Å². The number of carbonyl (C=O) groups is 3. The number of benzene rings is 2. The standard InChI is InChI=1S/C24H22N8O3S2/c1-16(33)26-23-27-19(14-36-23)12-20-28-30-24(32(20)31-22(35)18-10-6-3-7-11-18)37-15-21(34)29-25-13-17-8-4-2-5-9-17/h2-11,13-14H,12,15H2,1H3,(H,29,34)(H,31,35)(H,26,27,33)/b25-13+. The summed E-state index contributed by atoms with van der Waals surface area (Å²) in [6.45, 7) is 1.41. The van der Waals surface area contributed by atoms with Crippen molar-refractivity contribution in [3.8, 4) is 0 Å². The van der Waals surface area contributed by atoms with Gasteiger partial charge >= 0.3 is 0 Å². The van der Waals surface area contributed by atoms with Crippen molar-refractivity contribution >= 4 is 52.2 Å². The van der Waals surface area contributed by atoms with E-state index >= 15 is 0 Å². The lowest BCUT2D eigenvalue weighted by atomic mass is 10.2. The van der Waals surface area contributed by atoms with E-state index in [4.69, 9.17) is 0 Å². The van der Waals surface area contributed by atoms with Crippen LogP contribution >= 0.6 is 23.1 Å². The minimum atomic E-state index is -0.363. The number of aromatic nitrogens is 4. The van der Waals surface area contributed by atoms with Crippen LogP contribution in [0.3, 0.4) is 0 Å². The maximum atomic E-state index is 12.9. The van der Waals surface area contributed by atoms with Crippen LogP contribution in [-0.4, -0.2) is 49.5 Å². The minimum absolute atomic E-state index is 0.00511. The molecule has 0 aliphatic carbocycles. The van der Waals surface area contributed by atoms with Crippen molar-refractivity contribution < 1.29 is 14.4 Å². The van der Waals surface area contributed by atoms with Gasteiger partial charge in [0.1, 0.15) is 0 Å². The summed E-state index contributed by atoms with van der Waals surface area (Å²) in [5.41, 5.74) is 7.22. The molecule has 2 aromatic carbocycles. The van der Waals surface area contributed by atoms with Gasteiger partial charge in [-0.3, -0.25) is 19.8 Å². The van der Waals surface area contributed by atoms with Gasteiger partial charge in [-0.25, -0.2) is 15.1 Å². The fourth-order valence-corrected chi connectivity index (χ4v) is 4.47. The number of amides is 3. The number of nitrogens with one attached hydrogen (secondary N) is 3. The molecule has 4 aromatic rings. The largest absolute Gasteiger partial charge is 0.302 e. The summed E-state index contributed by atoms with van der Waals surface area (Å²) in [5, 5.41) is 17.5. The fraction of sp³-hybridized carbons (Fsp3) is 0.125. The van der Waals surface area contributed by atoms with Crippen molar-refractivity contribution in [3.05, 3.63) is 88.7 Å². The van der Waals surface area contributed by atoms with Crippen LogP contribution in [0.2, 0.25) is 0 Å². The molecule has 0 saturated heterocycles. The summed E-state index contributed by atoms with van der Waals surface area (Å²) < 4.78 is 1.44. The molecule has 0 fully saturated rings. The summed E-state index contributed by atoms with van der Waals surface area (Å²) in [7, 11) is 0. The highest BCUT2D eigenvalue weighted by Gasteiger charge is 2.19. The molecule has 37 heavy (non-hydrogen) atoms. The van der Waals surface area contributed by atoms with Gasteiger partial charge in [0.2, 0.25) is 11.1 Å². The zero-order chi connectivity index (χ0) is 26.0. The van der Waals surface area contributed by atoms with Crippen molar-refractivity contribution in [2.24, 2.45) is 5.10 Å². The monoisotopic (exact) mass is 534 g/mol. The second-order valence-corrected chi connectivity index (χ2v) is 9.34. The number of hydrogen-bond acceptors (Lipinski definition) is 9. The zero-order valence-corrected chi connectivity index (χ0v) is 21.3. The van der Waals surface area contributed by atoms with Crippen molar-refractivity contribution in [2.45, 2.75) is 18.5 Å². The lowest BCUT2D eigenvalue weighted by Gasteiger charge is -2.11. The molecule has 0 bridgehead atoms. The highest BCUT2D eigenvalue weighted by molar-refractivity contribution is 7.99. The Morgan fingerprint density at radius 2 is 1.78 bits per heavy atom. The van der Waals surface area contributed by atoms with E-state index < -0.39 is 0 Å². The third kappa shape index (κ3) is 7.56. The van der Waals surface area contributed by atoms with Gasteiger partial charge in [0, 0.05) is 17.9 Å². The molecular formula is C24H22N8O3S2. The highest BCUT2D eigenvalue weighted by atomic mass is 32.2. The third-order valence-electron chi connectivity index (χ3n) is 4.66. The molecule has 3 amide bonds. The number of hydrazone groups is 1. The van der Waals surface area contributed by atoms with Crippen molar-refractivity contribution in [1.29, 1.82) is 0 Å². The third-order valence-corrected chi connectivity index (χ3v) is 6.39. The highest BCUT2D eigenvalue weighted by Crippen LogP contribution is 2.21. The first-order valence-corrected chi connectivity index (χ1v) is 12.9. The number of thioether (sulfide) groups is 1. The number of anilines is 1. The van der Waals surface area contributed by atoms with E-state index in [9.17, 15) is 14.4 Å². The molecule has 0 aliphatic heterocycles. The number of hydrogen-bond donors (Lipinski definition) is 3. The van der Waals surface area contributed by atoms with Crippen molar-refractivity contribution in [2.75, 3.05) is 16.5 Å². The number of nitrogens with zero attached hydrogens (tertiary/aromatic N) is 5. The number of carbonyl (C=O) groups excluding carboxylic acids is 3. The van der Waals surface area contributed by atoms with Crippen LogP contribution in [0.4, 0.5) is 5.13 Å². The molecule has 11 nitrogen and oxygen atoms in total. The molecule has 0 aliphatic rings. The zero-order valence-electron chi connectivity index (χ0n) is 19.6. The van der Waals surface area contributed by atoms with Crippen LogP contribution in [0, 0.1) is 0 Å². The van der Waals surface area contributed by atoms with Gasteiger partial charge in [-0.05, 0) is 17.7 Å². The molecule has 0 spiro atoms. The second-order valence-electron chi connectivity index (χ2n) is 7.54. The fourth-order valence-electron chi connectivity index (χ4n) is 3.01. The Morgan fingerprint density at radius 3 is 2.51 bits per heavy atom. The van der Waals surface area contributed by atoms with E-state index in [-0.39, 0.29) is 29.9 Å². The van der Waals surface area contributed by atoms with Crippen molar-refractivity contribution in [1.82, 2.24) is 25.3 Å². The van der Waals surface area contributed by atoms with Crippen LogP contribution in [0.5, 0.6) is 0 Å². The SMILES string of the molecule is CC(=O)Nc1nc(Cc2nnc(SCC(=O)N/N=C/c3ccccc3)n2NC(=O)c2ccccc2)cs1. The van der Waals surface area contributed by atoms with Gasteiger partial charge in [-0.2, -0.15) is 5.10 Å². The molecule has 13 heteroatoms. The van der Waals surface area contributed by atoms with Crippen LogP contribution in [0.25, 0.3) is 0 Å². The summed E-state index contributed by atoms with van der Waals surface area (Å²) in [5.74, 6) is -0.521. The summed E-state index contributed by atoms with van der Waals surface area (Å²) in [6, 6.07) is 18.1. The Kier molecular flexibility index (Phi) is 8.73. The van der Waals surface area contributed by atoms with E-state index in [1.54, 1.807) is 35.9 Å². The lowest BCUT2D eigenvalue weighted by Crippen LogP contribution is -2.26.